The SMILES string of the molecule is Cc1c(-c2ccccc2)sc2ncn(Cc3coc(-c4cccs4)n3)c(=O)c12. The molecule has 0 spiro atoms. The molecule has 0 bridgehead atoms. The maximum Gasteiger partial charge on any atom is 0.262 e. The van der Waals surface area contributed by atoms with E-state index in [1.807, 2.05) is 42.6 Å². The molecule has 5 aromatic rings. The lowest BCUT2D eigenvalue weighted by atomic mass is 10.1. The number of aromatic nitrogens is 3. The Morgan fingerprint density at radius 1 is 1.14 bits per heavy atom. The Kier molecular flexibility index (Phi) is 4.18. The van der Waals surface area contributed by atoms with Crippen molar-refractivity contribution >= 4 is 32.9 Å². The van der Waals surface area contributed by atoms with Crippen LogP contribution in [0.1, 0.15) is 11.3 Å². The van der Waals surface area contributed by atoms with E-state index in [1.165, 1.54) is 0 Å². The molecule has 0 fully saturated rings. The van der Waals surface area contributed by atoms with Crippen molar-refractivity contribution in [3.63, 3.8) is 0 Å². The van der Waals surface area contributed by atoms with Crippen LogP contribution in [-0.4, -0.2) is 14.5 Å². The van der Waals surface area contributed by atoms with E-state index in [4.69, 9.17) is 4.42 Å². The molecule has 5 nitrogen and oxygen atoms in total. The van der Waals surface area contributed by atoms with Gasteiger partial charge in [0, 0.05) is 4.88 Å². The fourth-order valence-corrected chi connectivity index (χ4v) is 5.00. The third kappa shape index (κ3) is 2.89. The number of hydrogen-bond donors (Lipinski definition) is 0. The summed E-state index contributed by atoms with van der Waals surface area (Å²) in [6.07, 6.45) is 3.19. The van der Waals surface area contributed by atoms with Gasteiger partial charge >= 0.3 is 0 Å². The summed E-state index contributed by atoms with van der Waals surface area (Å²) in [7, 11) is 0. The molecule has 0 N–H and O–H groups in total. The van der Waals surface area contributed by atoms with Gasteiger partial charge in [0.05, 0.1) is 28.8 Å². The van der Waals surface area contributed by atoms with Gasteiger partial charge in [-0.3, -0.25) is 9.36 Å². The Morgan fingerprint density at radius 2 is 2.00 bits per heavy atom. The molecule has 28 heavy (non-hydrogen) atoms. The second kappa shape index (κ2) is 6.85. The van der Waals surface area contributed by atoms with E-state index in [-0.39, 0.29) is 5.56 Å². The third-order valence-corrected chi connectivity index (χ3v) is 6.68. The van der Waals surface area contributed by atoms with Crippen LogP contribution in [0.2, 0.25) is 0 Å². The number of aryl methyl sites for hydroxylation is 1. The second-order valence-corrected chi connectivity index (χ2v) is 8.35. The number of rotatable bonds is 4. The lowest BCUT2D eigenvalue weighted by Crippen LogP contribution is -2.21. The highest BCUT2D eigenvalue weighted by Crippen LogP contribution is 2.35. The van der Waals surface area contributed by atoms with Crippen molar-refractivity contribution in [2.24, 2.45) is 0 Å². The summed E-state index contributed by atoms with van der Waals surface area (Å²) < 4.78 is 7.15. The van der Waals surface area contributed by atoms with Crippen LogP contribution in [0, 0.1) is 6.92 Å². The summed E-state index contributed by atoms with van der Waals surface area (Å²) in [4.78, 5) is 24.9. The predicted octanol–water partition coefficient (Wildman–Crippen LogP) is 5.20. The van der Waals surface area contributed by atoms with Crippen LogP contribution in [0.4, 0.5) is 0 Å². The normalized spacial score (nSPS) is 11.3. The Bertz CT molecular complexity index is 1320. The van der Waals surface area contributed by atoms with Crippen molar-refractivity contribution in [2.45, 2.75) is 13.5 Å². The van der Waals surface area contributed by atoms with Gasteiger partial charge in [0.25, 0.3) is 5.56 Å². The van der Waals surface area contributed by atoms with Crippen molar-refractivity contribution in [1.82, 2.24) is 14.5 Å². The summed E-state index contributed by atoms with van der Waals surface area (Å²) in [6.45, 7) is 2.31. The Labute approximate surface area is 168 Å². The predicted molar refractivity (Wildman–Crippen MR) is 113 cm³/mol. The van der Waals surface area contributed by atoms with E-state index >= 15 is 0 Å². The Morgan fingerprint density at radius 3 is 2.79 bits per heavy atom. The van der Waals surface area contributed by atoms with Crippen molar-refractivity contribution in [3.8, 4) is 21.2 Å². The van der Waals surface area contributed by atoms with Gasteiger partial charge in [0.2, 0.25) is 5.89 Å². The summed E-state index contributed by atoms with van der Waals surface area (Å²) in [5.41, 5.74) is 2.72. The maximum absolute atomic E-state index is 13.1. The van der Waals surface area contributed by atoms with Crippen molar-refractivity contribution in [3.05, 3.63) is 82.0 Å². The van der Waals surface area contributed by atoms with Gasteiger partial charge < -0.3 is 4.42 Å². The van der Waals surface area contributed by atoms with Crippen molar-refractivity contribution < 1.29 is 4.42 Å². The molecule has 0 saturated carbocycles. The Balaban J connectivity index is 1.54. The van der Waals surface area contributed by atoms with Gasteiger partial charge in [0.15, 0.2) is 0 Å². The lowest BCUT2D eigenvalue weighted by Gasteiger charge is -2.02. The van der Waals surface area contributed by atoms with Crippen molar-refractivity contribution in [2.75, 3.05) is 0 Å². The molecule has 4 aromatic heterocycles. The van der Waals surface area contributed by atoms with E-state index in [2.05, 4.69) is 22.1 Å². The van der Waals surface area contributed by atoms with Gasteiger partial charge in [-0.1, -0.05) is 36.4 Å². The van der Waals surface area contributed by atoms with E-state index in [0.29, 0.717) is 23.5 Å². The topological polar surface area (TPSA) is 60.9 Å². The highest BCUT2D eigenvalue weighted by molar-refractivity contribution is 7.22. The smallest absolute Gasteiger partial charge is 0.262 e. The lowest BCUT2D eigenvalue weighted by molar-refractivity contribution is 0.572. The molecule has 5 rings (SSSR count). The van der Waals surface area contributed by atoms with Crippen LogP contribution >= 0.6 is 22.7 Å². The monoisotopic (exact) mass is 405 g/mol. The van der Waals surface area contributed by atoms with E-state index in [1.54, 1.807) is 39.8 Å². The molecular weight excluding hydrogens is 390 g/mol. The zero-order chi connectivity index (χ0) is 19.1. The summed E-state index contributed by atoms with van der Waals surface area (Å²) >= 11 is 3.12. The molecule has 0 aliphatic carbocycles. The van der Waals surface area contributed by atoms with Crippen LogP contribution in [0.5, 0.6) is 0 Å². The molecule has 0 atom stereocenters. The van der Waals surface area contributed by atoms with Gasteiger partial charge in [-0.15, -0.1) is 22.7 Å². The maximum atomic E-state index is 13.1. The fraction of sp³-hybridized carbons (Fsp3) is 0.0952. The number of benzene rings is 1. The molecule has 0 unspecified atom stereocenters. The highest BCUT2D eigenvalue weighted by Gasteiger charge is 2.16. The van der Waals surface area contributed by atoms with Crippen LogP contribution < -0.4 is 5.56 Å². The molecule has 1 aromatic carbocycles. The van der Waals surface area contributed by atoms with Crippen LogP contribution in [0.15, 0.2) is 69.6 Å². The fourth-order valence-electron chi connectivity index (χ4n) is 3.20. The average molecular weight is 406 g/mol. The minimum absolute atomic E-state index is 0.0541. The van der Waals surface area contributed by atoms with Crippen LogP contribution in [0.3, 0.4) is 0 Å². The first-order valence-corrected chi connectivity index (χ1v) is 10.4. The number of hydrogen-bond acceptors (Lipinski definition) is 6. The molecule has 4 heterocycles. The number of oxazole rings is 1. The largest absolute Gasteiger partial charge is 0.443 e. The van der Waals surface area contributed by atoms with Crippen LogP contribution in [-0.2, 0) is 6.54 Å². The first-order chi connectivity index (χ1) is 13.7. The average Bonchev–Trinajstić information content (AvgIpc) is 3.45. The zero-order valence-corrected chi connectivity index (χ0v) is 16.6. The molecular formula is C21H15N3O2S2. The molecule has 0 amide bonds. The van der Waals surface area contributed by atoms with E-state index in [0.717, 1.165) is 25.7 Å². The van der Waals surface area contributed by atoms with Gasteiger partial charge in [-0.25, -0.2) is 9.97 Å². The standard InChI is InChI=1S/C21H15N3O2S2/c1-13-17-20(28-18(13)14-6-3-2-4-7-14)22-12-24(21(17)25)10-15-11-26-19(23-15)16-8-5-9-27-16/h2-9,11-12H,10H2,1H3. The zero-order valence-electron chi connectivity index (χ0n) is 15.0. The minimum Gasteiger partial charge on any atom is -0.443 e. The Hall–Kier alpha value is -3.03. The molecule has 138 valence electrons. The van der Waals surface area contributed by atoms with Gasteiger partial charge in [-0.2, -0.15) is 0 Å². The van der Waals surface area contributed by atoms with Crippen molar-refractivity contribution in [1.29, 1.82) is 0 Å². The summed E-state index contributed by atoms with van der Waals surface area (Å²) in [5.74, 6) is 0.574. The molecule has 0 aliphatic heterocycles. The molecule has 0 saturated heterocycles. The first kappa shape index (κ1) is 17.1. The van der Waals surface area contributed by atoms with Gasteiger partial charge in [0.1, 0.15) is 11.1 Å². The summed E-state index contributed by atoms with van der Waals surface area (Å²) in [6, 6.07) is 14.0. The quantitative estimate of drug-likeness (QED) is 0.412. The number of fused-ring (bicyclic) bond motifs is 1. The van der Waals surface area contributed by atoms with Gasteiger partial charge in [-0.05, 0) is 29.5 Å². The molecule has 0 radical (unpaired) electrons. The number of nitrogens with zero attached hydrogens (tertiary/aromatic N) is 3. The highest BCUT2D eigenvalue weighted by atomic mass is 32.1. The summed E-state index contributed by atoms with van der Waals surface area (Å²) in [5, 5.41) is 2.65. The number of thiophene rings is 2. The van der Waals surface area contributed by atoms with E-state index in [9.17, 15) is 4.79 Å². The molecule has 7 heteroatoms. The minimum atomic E-state index is -0.0541. The van der Waals surface area contributed by atoms with Crippen LogP contribution in [0.25, 0.3) is 31.4 Å². The molecule has 0 aliphatic rings. The van der Waals surface area contributed by atoms with E-state index < -0.39 is 0 Å². The second-order valence-electron chi connectivity index (χ2n) is 6.40. The third-order valence-electron chi connectivity index (χ3n) is 4.57. The first-order valence-electron chi connectivity index (χ1n) is 8.73.